The molecule has 0 amide bonds. The number of hydrogen-bond donors (Lipinski definition) is 2. The van der Waals surface area contributed by atoms with E-state index in [4.69, 9.17) is 9.16 Å². The average Bonchev–Trinajstić information content (AvgIpc) is 2.87. The summed E-state index contributed by atoms with van der Waals surface area (Å²) in [4.78, 5) is 4.24. The van der Waals surface area contributed by atoms with Crippen LogP contribution in [0.5, 0.6) is 5.75 Å². The fourth-order valence-corrected chi connectivity index (χ4v) is 6.53. The highest BCUT2D eigenvalue weighted by Crippen LogP contribution is 2.41. The van der Waals surface area contributed by atoms with E-state index in [0.29, 0.717) is 40.8 Å². The largest absolute Gasteiger partial charge is 0.490 e. The molecule has 242 valence electrons. The molecular weight excluding hydrogens is 621 g/mol. The summed E-state index contributed by atoms with van der Waals surface area (Å²) in [5, 5.41) is 4.33. The van der Waals surface area contributed by atoms with E-state index in [1.165, 1.54) is 6.07 Å². The molecule has 1 heterocycles. The zero-order valence-electron chi connectivity index (χ0n) is 25.5. The van der Waals surface area contributed by atoms with Crippen LogP contribution in [0.3, 0.4) is 0 Å². The Morgan fingerprint density at radius 2 is 1.73 bits per heavy atom. The lowest BCUT2D eigenvalue weighted by atomic mass is 9.88. The highest BCUT2D eigenvalue weighted by Gasteiger charge is 2.40. The number of aromatic nitrogens is 1. The minimum atomic E-state index is -4.83. The number of benzene rings is 2. The summed E-state index contributed by atoms with van der Waals surface area (Å²) in [7, 11) is -5.97. The van der Waals surface area contributed by atoms with Gasteiger partial charge in [-0.05, 0) is 72.3 Å². The number of rotatable bonds is 11. The third-order valence-electron chi connectivity index (χ3n) is 8.36. The van der Waals surface area contributed by atoms with Gasteiger partial charge in [-0.2, -0.15) is 13.2 Å². The quantitative estimate of drug-likeness (QED) is 0.173. The molecule has 0 radical (unpaired) electrons. The van der Waals surface area contributed by atoms with E-state index in [-0.39, 0.29) is 36.0 Å². The maximum absolute atomic E-state index is 15.8. The van der Waals surface area contributed by atoms with Crippen molar-refractivity contribution in [3.8, 4) is 5.75 Å². The SMILES string of the molecule is CC(C)(C)[Si](C)(C)OC(CNS(C)(=O)=O)c1cc(F)c(CN[C@H]2C[C@H](Oc3ccc(F)c(C(F)(F)F)c3)C2)c2ccncc12. The lowest BCUT2D eigenvalue weighted by molar-refractivity contribution is -0.140. The zero-order chi connectivity index (χ0) is 32.7. The number of nitrogens with one attached hydrogen (secondary N) is 2. The minimum Gasteiger partial charge on any atom is -0.490 e. The van der Waals surface area contributed by atoms with Crippen molar-refractivity contribution < 1.29 is 39.5 Å². The normalized spacial score (nSPS) is 18.7. The molecular formula is C30H38F5N3O4SSi. The van der Waals surface area contributed by atoms with Crippen molar-refractivity contribution in [2.24, 2.45) is 0 Å². The van der Waals surface area contributed by atoms with Gasteiger partial charge in [-0.15, -0.1) is 0 Å². The van der Waals surface area contributed by atoms with Crippen molar-refractivity contribution in [3.05, 3.63) is 71.1 Å². The smallest absolute Gasteiger partial charge is 0.419 e. The first-order chi connectivity index (χ1) is 20.2. The fraction of sp³-hybridized carbons (Fsp3) is 0.500. The highest BCUT2D eigenvalue weighted by molar-refractivity contribution is 7.88. The van der Waals surface area contributed by atoms with Gasteiger partial charge in [-0.25, -0.2) is 21.9 Å². The van der Waals surface area contributed by atoms with Crippen molar-refractivity contribution in [3.63, 3.8) is 0 Å². The molecule has 1 aliphatic carbocycles. The van der Waals surface area contributed by atoms with Gasteiger partial charge in [0.25, 0.3) is 0 Å². The number of sulfonamides is 1. The van der Waals surface area contributed by atoms with Gasteiger partial charge in [0, 0.05) is 42.5 Å². The molecule has 3 aromatic rings. The Morgan fingerprint density at radius 3 is 2.34 bits per heavy atom. The first kappa shape index (κ1) is 34.2. The van der Waals surface area contributed by atoms with E-state index in [9.17, 15) is 26.0 Å². The summed E-state index contributed by atoms with van der Waals surface area (Å²) in [5.74, 6) is -1.92. The maximum Gasteiger partial charge on any atom is 0.419 e. The number of hydrogen-bond acceptors (Lipinski definition) is 6. The molecule has 1 unspecified atom stereocenters. The second kappa shape index (κ2) is 12.6. The second-order valence-electron chi connectivity index (χ2n) is 12.8. The van der Waals surface area contributed by atoms with Crippen LogP contribution >= 0.6 is 0 Å². The first-order valence-corrected chi connectivity index (χ1v) is 19.0. The number of alkyl halides is 3. The summed E-state index contributed by atoms with van der Waals surface area (Å²) >= 11 is 0. The van der Waals surface area contributed by atoms with Crippen LogP contribution in [0.4, 0.5) is 22.0 Å². The summed E-state index contributed by atoms with van der Waals surface area (Å²) in [6.07, 6.45) is -0.799. The van der Waals surface area contributed by atoms with E-state index in [0.717, 1.165) is 18.4 Å². The second-order valence-corrected chi connectivity index (χ2v) is 19.4. The van der Waals surface area contributed by atoms with Crippen molar-refractivity contribution in [2.75, 3.05) is 12.8 Å². The molecule has 1 atom stereocenters. The lowest BCUT2D eigenvalue weighted by Gasteiger charge is -2.39. The zero-order valence-corrected chi connectivity index (χ0v) is 27.3. The van der Waals surface area contributed by atoms with Crippen LogP contribution in [0.2, 0.25) is 18.1 Å². The average molecular weight is 660 g/mol. The molecule has 44 heavy (non-hydrogen) atoms. The molecule has 1 fully saturated rings. The standard InChI is InChI=1S/C30H38F5N3O4SSi/c1-29(2,3)44(5,6)42-28(17-38-43(4,39)40)22-14-27(32)24(21-9-10-36-15-23(21)22)16-37-18-11-20(12-18)41-19-7-8-26(31)25(13-19)30(33,34)35/h7-10,13-15,18,20,28,37-38H,11-12,16-17H2,1-6H3/t18-,20-,28?. The third kappa shape index (κ3) is 8.13. The van der Waals surface area contributed by atoms with Gasteiger partial charge < -0.3 is 14.5 Å². The number of pyridine rings is 1. The lowest BCUT2D eigenvalue weighted by Crippen LogP contribution is -2.46. The highest BCUT2D eigenvalue weighted by atomic mass is 32.2. The molecule has 1 aromatic heterocycles. The van der Waals surface area contributed by atoms with Gasteiger partial charge in [0.05, 0.1) is 17.9 Å². The Balaban J connectivity index is 1.51. The van der Waals surface area contributed by atoms with Crippen LogP contribution in [-0.4, -0.2) is 46.7 Å². The van der Waals surface area contributed by atoms with Crippen LogP contribution in [0.25, 0.3) is 10.8 Å². The van der Waals surface area contributed by atoms with Crippen molar-refractivity contribution >= 4 is 29.1 Å². The van der Waals surface area contributed by atoms with Gasteiger partial charge >= 0.3 is 6.18 Å². The van der Waals surface area contributed by atoms with Crippen LogP contribution in [-0.2, 0) is 27.2 Å². The molecule has 2 N–H and O–H groups in total. The number of ether oxygens (including phenoxy) is 1. The van der Waals surface area contributed by atoms with Gasteiger partial charge in [0.2, 0.25) is 10.0 Å². The predicted molar refractivity (Wildman–Crippen MR) is 161 cm³/mol. The van der Waals surface area contributed by atoms with Crippen molar-refractivity contribution in [2.45, 2.75) is 82.7 Å². The molecule has 2 aromatic carbocycles. The molecule has 0 spiro atoms. The molecule has 1 aliphatic rings. The molecule has 1 saturated carbocycles. The maximum atomic E-state index is 15.8. The van der Waals surface area contributed by atoms with E-state index in [1.807, 2.05) is 13.1 Å². The number of halogens is 5. The predicted octanol–water partition coefficient (Wildman–Crippen LogP) is 6.84. The Kier molecular flexibility index (Phi) is 9.82. The van der Waals surface area contributed by atoms with Crippen molar-refractivity contribution in [1.82, 2.24) is 15.0 Å². The summed E-state index contributed by atoms with van der Waals surface area (Å²) in [6.45, 7) is 10.3. The van der Waals surface area contributed by atoms with E-state index >= 15 is 4.39 Å². The summed E-state index contributed by atoms with van der Waals surface area (Å²) < 4.78 is 107. The topological polar surface area (TPSA) is 89.5 Å². The van der Waals surface area contributed by atoms with Crippen LogP contribution in [0.1, 0.15) is 56.4 Å². The third-order valence-corrected chi connectivity index (χ3v) is 13.5. The molecule has 7 nitrogen and oxygen atoms in total. The van der Waals surface area contributed by atoms with Crippen LogP contribution in [0, 0.1) is 11.6 Å². The number of fused-ring (bicyclic) bond motifs is 1. The molecule has 0 bridgehead atoms. The minimum absolute atomic E-state index is 0.0675. The Labute approximate surface area is 255 Å². The molecule has 4 rings (SSSR count). The van der Waals surface area contributed by atoms with E-state index < -0.39 is 47.8 Å². The molecule has 14 heteroatoms. The van der Waals surface area contributed by atoms with Gasteiger partial charge in [-0.3, -0.25) is 4.98 Å². The monoisotopic (exact) mass is 659 g/mol. The van der Waals surface area contributed by atoms with E-state index in [1.54, 1.807) is 18.5 Å². The Bertz CT molecular complexity index is 1610. The van der Waals surface area contributed by atoms with Crippen molar-refractivity contribution in [1.29, 1.82) is 0 Å². The first-order valence-electron chi connectivity index (χ1n) is 14.2. The van der Waals surface area contributed by atoms with Gasteiger partial charge in [0.1, 0.15) is 23.5 Å². The molecule has 0 saturated heterocycles. The Morgan fingerprint density at radius 1 is 1.05 bits per heavy atom. The fourth-order valence-electron chi connectivity index (χ4n) is 4.80. The Hall–Kier alpha value is -2.65. The molecule has 0 aliphatic heterocycles. The van der Waals surface area contributed by atoms with Gasteiger partial charge in [-0.1, -0.05) is 20.8 Å². The van der Waals surface area contributed by atoms with Gasteiger partial charge in [0.15, 0.2) is 8.32 Å². The van der Waals surface area contributed by atoms with Crippen LogP contribution < -0.4 is 14.8 Å². The summed E-state index contributed by atoms with van der Waals surface area (Å²) in [6, 6.07) is 5.55. The number of nitrogens with zero attached hydrogens (tertiary/aromatic N) is 1. The van der Waals surface area contributed by atoms with Crippen LogP contribution in [0.15, 0.2) is 42.7 Å². The van der Waals surface area contributed by atoms with E-state index in [2.05, 4.69) is 35.8 Å². The summed E-state index contributed by atoms with van der Waals surface area (Å²) in [5.41, 5.74) is -0.496.